The van der Waals surface area contributed by atoms with E-state index >= 15 is 0 Å². The van der Waals surface area contributed by atoms with Crippen LogP contribution in [0.2, 0.25) is 0 Å². The van der Waals surface area contributed by atoms with Gasteiger partial charge < -0.3 is 30.6 Å². The molecular formula is C35H33N7O7S3. The predicted octanol–water partition coefficient (Wildman–Crippen LogP) is 4.12. The average Bonchev–Trinajstić information content (AvgIpc) is 3.59. The second kappa shape index (κ2) is 15.5. The molecule has 52 heavy (non-hydrogen) atoms. The fourth-order valence-electron chi connectivity index (χ4n) is 5.31. The number of esters is 1. The number of nitrogen functional groups attached to an aromatic ring is 1. The molecule has 17 heteroatoms. The Bertz CT molecular complexity index is 1960. The fraction of sp³-hybridized carbons (Fsp3) is 0.257. The Labute approximate surface area is 311 Å². The number of ether oxygens (including phenoxy) is 1. The Morgan fingerprint density at radius 2 is 1.81 bits per heavy atom. The van der Waals surface area contributed by atoms with Gasteiger partial charge in [0, 0.05) is 41.1 Å². The highest BCUT2D eigenvalue weighted by molar-refractivity contribution is 8.02. The van der Waals surface area contributed by atoms with Gasteiger partial charge >= 0.3 is 11.9 Å². The lowest BCUT2D eigenvalue weighted by Gasteiger charge is -2.53. The smallest absolute Gasteiger partial charge is 0.353 e. The number of carbonyl (C=O) groups excluding carboxylic acids is 3. The van der Waals surface area contributed by atoms with Gasteiger partial charge in [-0.25, -0.2) is 4.79 Å². The second-order valence-electron chi connectivity index (χ2n) is 12.3. The normalized spacial score (nSPS) is 20.2. The molecule has 0 aliphatic carbocycles. The van der Waals surface area contributed by atoms with Gasteiger partial charge in [0.25, 0.3) is 5.91 Å². The maximum atomic E-state index is 13.7. The van der Waals surface area contributed by atoms with E-state index in [1.165, 1.54) is 42.3 Å². The van der Waals surface area contributed by atoms with E-state index < -0.39 is 58.0 Å². The number of hydrogen-bond donors (Lipinski definition) is 3. The number of amides is 2. The van der Waals surface area contributed by atoms with E-state index in [9.17, 15) is 24.3 Å². The molecule has 2 fully saturated rings. The standard InChI is InChI=1S/C35H33N7O7S3/c1-34(2,32(47)48-26(21-10-5-3-6-11-21)22-12-7-4-8-13-22)49-40-24(27-39-33(36)52-41-27)28(43)38-25-29(44)42-19-35(31(45)46,20-51-30(25)42)15-17-50-23-14-9-16-37-18-23/h3-18,25-26,30H,19-20H2,1-2H3,(H,38,43)(H,45,46)(H2,36,39,41)/t25?,30-,35?/m1/s1. The molecular weight excluding hydrogens is 727 g/mol. The summed E-state index contributed by atoms with van der Waals surface area (Å²) >= 11 is 3.38. The Hall–Kier alpha value is -5.26. The van der Waals surface area contributed by atoms with E-state index in [0.29, 0.717) is 0 Å². The van der Waals surface area contributed by atoms with Crippen LogP contribution in [0.25, 0.3) is 0 Å². The minimum Gasteiger partial charge on any atom is -0.481 e. The van der Waals surface area contributed by atoms with Crippen LogP contribution < -0.4 is 11.1 Å². The van der Waals surface area contributed by atoms with Crippen LogP contribution in [0.4, 0.5) is 5.13 Å². The molecule has 2 amide bonds. The number of aromatic nitrogens is 3. The van der Waals surface area contributed by atoms with Crippen molar-refractivity contribution in [1.29, 1.82) is 0 Å². The molecule has 4 N–H and O–H groups in total. The molecule has 2 aliphatic rings. The van der Waals surface area contributed by atoms with Crippen LogP contribution in [0.3, 0.4) is 0 Å². The van der Waals surface area contributed by atoms with Gasteiger partial charge in [-0.05, 0) is 42.5 Å². The van der Waals surface area contributed by atoms with E-state index in [2.05, 4.69) is 24.8 Å². The molecule has 2 aliphatic heterocycles. The Kier molecular flexibility index (Phi) is 10.9. The molecule has 3 atom stereocenters. The number of benzene rings is 2. The summed E-state index contributed by atoms with van der Waals surface area (Å²) in [5.41, 5.74) is 3.84. The van der Waals surface area contributed by atoms with Crippen LogP contribution in [0, 0.1) is 5.41 Å². The third-order valence-corrected chi connectivity index (χ3v) is 11.1. The van der Waals surface area contributed by atoms with Crippen molar-refractivity contribution in [2.24, 2.45) is 10.6 Å². The molecule has 14 nitrogen and oxygen atoms in total. The molecule has 4 aromatic rings. The number of pyridine rings is 1. The van der Waals surface area contributed by atoms with Gasteiger partial charge in [-0.2, -0.15) is 9.36 Å². The van der Waals surface area contributed by atoms with Crippen molar-refractivity contribution in [1.82, 2.24) is 24.6 Å². The van der Waals surface area contributed by atoms with Gasteiger partial charge in [0.2, 0.25) is 23.0 Å². The molecule has 4 heterocycles. The van der Waals surface area contributed by atoms with Gasteiger partial charge in [0.1, 0.15) is 16.8 Å². The number of hydrogen-bond acceptors (Lipinski definition) is 14. The summed E-state index contributed by atoms with van der Waals surface area (Å²) in [6.07, 6.45) is 4.15. The van der Waals surface area contributed by atoms with Gasteiger partial charge in [-0.15, -0.1) is 11.8 Å². The zero-order valence-corrected chi connectivity index (χ0v) is 30.3. The number of oxime groups is 1. The fourth-order valence-corrected chi connectivity index (χ4v) is 8.02. The summed E-state index contributed by atoms with van der Waals surface area (Å²) in [7, 11) is 0. The highest BCUT2D eigenvalue weighted by Gasteiger charge is 2.57. The van der Waals surface area contributed by atoms with E-state index in [1.807, 2.05) is 66.7 Å². The van der Waals surface area contributed by atoms with Crippen LogP contribution >= 0.6 is 35.1 Å². The molecule has 2 aromatic carbocycles. The number of aliphatic carboxylic acids is 1. The topological polar surface area (TPSA) is 199 Å². The van der Waals surface area contributed by atoms with E-state index in [0.717, 1.165) is 27.6 Å². The molecule has 0 saturated carbocycles. The number of nitrogens with two attached hydrogens (primary N) is 1. The van der Waals surface area contributed by atoms with Crippen LogP contribution in [-0.2, 0) is 28.8 Å². The van der Waals surface area contributed by atoms with Crippen molar-refractivity contribution in [2.75, 3.05) is 18.0 Å². The first kappa shape index (κ1) is 36.5. The van der Waals surface area contributed by atoms with Crippen LogP contribution in [-0.4, -0.2) is 83.1 Å². The number of thioether (sulfide) groups is 2. The van der Waals surface area contributed by atoms with Crippen LogP contribution in [0.1, 0.15) is 36.9 Å². The minimum absolute atomic E-state index is 0.0521. The SMILES string of the molecule is CC(C)(ON=C(C(=O)NC1C(=O)N2CC(C=CSc3cccnc3)(C(=O)O)CS[C@H]12)c1nsc(N)n1)C(=O)OC(c1ccccc1)c1ccccc1. The lowest BCUT2D eigenvalue weighted by atomic mass is 9.87. The summed E-state index contributed by atoms with van der Waals surface area (Å²) in [5, 5.41) is 18.0. The molecule has 6 rings (SSSR count). The molecule has 268 valence electrons. The number of anilines is 1. The zero-order chi connectivity index (χ0) is 36.9. The second-order valence-corrected chi connectivity index (χ2v) is 15.2. The lowest BCUT2D eigenvalue weighted by Crippen LogP contribution is -2.73. The number of carbonyl (C=O) groups is 4. The molecule has 2 unspecified atom stereocenters. The first-order valence-corrected chi connectivity index (χ1v) is 18.5. The Morgan fingerprint density at radius 1 is 1.12 bits per heavy atom. The summed E-state index contributed by atoms with van der Waals surface area (Å²) < 4.78 is 10.0. The summed E-state index contributed by atoms with van der Waals surface area (Å²) in [6.45, 7) is 2.80. The van der Waals surface area contributed by atoms with E-state index in [4.69, 9.17) is 15.3 Å². The number of rotatable bonds is 13. The van der Waals surface area contributed by atoms with Crippen molar-refractivity contribution in [3.63, 3.8) is 0 Å². The average molecular weight is 760 g/mol. The Balaban J connectivity index is 1.15. The van der Waals surface area contributed by atoms with Gasteiger partial charge in [0.15, 0.2) is 11.2 Å². The lowest BCUT2D eigenvalue weighted by molar-refractivity contribution is -0.172. The maximum absolute atomic E-state index is 13.7. The number of fused-ring (bicyclic) bond motifs is 1. The number of carboxylic acids is 1. The highest BCUT2D eigenvalue weighted by Crippen LogP contribution is 2.43. The van der Waals surface area contributed by atoms with E-state index in [-0.39, 0.29) is 23.3 Å². The molecule has 2 saturated heterocycles. The third-order valence-electron chi connectivity index (χ3n) is 8.20. The van der Waals surface area contributed by atoms with Crippen LogP contribution in [0.15, 0.2) is 107 Å². The first-order valence-electron chi connectivity index (χ1n) is 15.8. The maximum Gasteiger partial charge on any atom is 0.353 e. The number of nitrogens with one attached hydrogen (secondary N) is 1. The van der Waals surface area contributed by atoms with Gasteiger partial charge in [-0.1, -0.05) is 83.7 Å². The molecule has 0 bridgehead atoms. The summed E-state index contributed by atoms with van der Waals surface area (Å²) in [5.74, 6) is -3.16. The monoisotopic (exact) mass is 759 g/mol. The number of carboxylic acid groups (broad SMARTS) is 1. The number of nitrogens with zero attached hydrogens (tertiary/aromatic N) is 5. The minimum atomic E-state index is -1.69. The van der Waals surface area contributed by atoms with E-state index in [1.54, 1.807) is 29.9 Å². The summed E-state index contributed by atoms with van der Waals surface area (Å²) in [6, 6.07) is 21.1. The first-order chi connectivity index (χ1) is 25.0. The summed E-state index contributed by atoms with van der Waals surface area (Å²) in [4.78, 5) is 69.0. The van der Waals surface area contributed by atoms with Crippen molar-refractivity contribution < 1.29 is 33.9 Å². The van der Waals surface area contributed by atoms with Crippen molar-refractivity contribution in [3.8, 4) is 0 Å². The van der Waals surface area contributed by atoms with Crippen molar-refractivity contribution in [2.45, 2.75) is 41.9 Å². The van der Waals surface area contributed by atoms with Crippen molar-refractivity contribution in [3.05, 3.63) is 114 Å². The largest absolute Gasteiger partial charge is 0.481 e. The quantitative estimate of drug-likeness (QED) is 0.0579. The third kappa shape index (κ3) is 7.95. The molecule has 0 spiro atoms. The highest BCUT2D eigenvalue weighted by atomic mass is 32.2. The van der Waals surface area contributed by atoms with Crippen molar-refractivity contribution >= 4 is 69.7 Å². The Morgan fingerprint density at radius 3 is 2.40 bits per heavy atom. The van der Waals surface area contributed by atoms with Gasteiger partial charge in [-0.3, -0.25) is 19.4 Å². The predicted molar refractivity (Wildman–Crippen MR) is 196 cm³/mol. The number of β-lactam (4-membered cyclic amide) rings is 1. The molecule has 2 aromatic heterocycles. The van der Waals surface area contributed by atoms with Gasteiger partial charge in [0.05, 0.1) is 0 Å². The van der Waals surface area contributed by atoms with Crippen LogP contribution in [0.5, 0.6) is 0 Å². The molecule has 0 radical (unpaired) electrons. The zero-order valence-electron chi connectivity index (χ0n) is 27.8.